The van der Waals surface area contributed by atoms with Crippen molar-refractivity contribution in [1.82, 2.24) is 14.8 Å². The summed E-state index contributed by atoms with van der Waals surface area (Å²) < 4.78 is 1.31. The molecule has 0 atom stereocenters. The Morgan fingerprint density at radius 2 is 2.62 bits per heavy atom. The zero-order chi connectivity index (χ0) is 5.98. The predicted octanol–water partition coefficient (Wildman–Crippen LogP) is -0.375. The minimum atomic E-state index is 0.611. The van der Waals surface area contributed by atoms with Gasteiger partial charge in [0.05, 0.1) is 0 Å². The molecule has 0 unspecified atom stereocenters. The fraction of sp³-hybridized carbons (Fsp3) is 0.250. The second-order valence-electron chi connectivity index (χ2n) is 1.39. The molecule has 0 aliphatic heterocycles. The molecule has 0 aliphatic rings. The summed E-state index contributed by atoms with van der Waals surface area (Å²) in [4.78, 5) is 9.97. The Labute approximate surface area is 46.1 Å². The van der Waals surface area contributed by atoms with Crippen LogP contribution in [0.5, 0.6) is 0 Å². The summed E-state index contributed by atoms with van der Waals surface area (Å²) in [6.07, 6.45) is 2.03. The van der Waals surface area contributed by atoms with Crippen molar-refractivity contribution >= 4 is 6.41 Å². The van der Waals surface area contributed by atoms with Crippen LogP contribution < -0.4 is 0 Å². The minimum Gasteiger partial charge on any atom is -0.278 e. The molecule has 1 heterocycles. The van der Waals surface area contributed by atoms with Crippen LogP contribution in [0.1, 0.15) is 5.82 Å². The first-order chi connectivity index (χ1) is 3.84. The highest BCUT2D eigenvalue weighted by Crippen LogP contribution is 1.83. The first-order valence-electron chi connectivity index (χ1n) is 2.16. The maximum Gasteiger partial charge on any atom is 0.220 e. The van der Waals surface area contributed by atoms with E-state index in [4.69, 9.17) is 0 Å². The zero-order valence-corrected chi connectivity index (χ0v) is 4.40. The Kier molecular flexibility index (Phi) is 1.07. The van der Waals surface area contributed by atoms with E-state index in [1.807, 2.05) is 0 Å². The molecule has 4 nitrogen and oxygen atoms in total. The number of rotatable bonds is 1. The molecule has 0 aliphatic carbocycles. The molecule has 0 saturated heterocycles. The van der Waals surface area contributed by atoms with Gasteiger partial charge in [0.25, 0.3) is 0 Å². The average molecular weight is 111 g/mol. The van der Waals surface area contributed by atoms with E-state index in [1.54, 1.807) is 6.92 Å². The van der Waals surface area contributed by atoms with Crippen LogP contribution in [0.4, 0.5) is 0 Å². The zero-order valence-electron chi connectivity index (χ0n) is 4.40. The standard InChI is InChI=1S/C4H5N3O/c1-4-6-5-2-7(4)3-8/h2-3H,1H3. The highest BCUT2D eigenvalue weighted by molar-refractivity contribution is 5.51. The van der Waals surface area contributed by atoms with Crippen LogP contribution in [-0.2, 0) is 4.79 Å². The lowest BCUT2D eigenvalue weighted by molar-refractivity contribution is 0.546. The van der Waals surface area contributed by atoms with Crippen molar-refractivity contribution in [3.8, 4) is 0 Å². The molecular weight excluding hydrogens is 106 g/mol. The van der Waals surface area contributed by atoms with Crippen LogP contribution in [0.2, 0.25) is 0 Å². The van der Waals surface area contributed by atoms with Gasteiger partial charge >= 0.3 is 0 Å². The highest BCUT2D eigenvalue weighted by Gasteiger charge is 1.91. The van der Waals surface area contributed by atoms with Gasteiger partial charge in [0, 0.05) is 0 Å². The van der Waals surface area contributed by atoms with Gasteiger partial charge in [0.2, 0.25) is 6.41 Å². The molecule has 0 amide bonds. The average Bonchev–Trinajstić information content (AvgIpc) is 2.14. The Balaban J connectivity index is 3.09. The van der Waals surface area contributed by atoms with Crippen LogP contribution in [0.25, 0.3) is 0 Å². The summed E-state index contributed by atoms with van der Waals surface area (Å²) in [7, 11) is 0. The van der Waals surface area contributed by atoms with Crippen LogP contribution in [-0.4, -0.2) is 21.2 Å². The Morgan fingerprint density at radius 1 is 1.88 bits per heavy atom. The largest absolute Gasteiger partial charge is 0.278 e. The van der Waals surface area contributed by atoms with Crippen molar-refractivity contribution in [1.29, 1.82) is 0 Å². The summed E-state index contributed by atoms with van der Waals surface area (Å²) in [5.74, 6) is 0.611. The molecule has 1 rings (SSSR count). The number of aryl methyl sites for hydroxylation is 1. The summed E-state index contributed by atoms with van der Waals surface area (Å²) >= 11 is 0. The summed E-state index contributed by atoms with van der Waals surface area (Å²) in [5.41, 5.74) is 0. The first kappa shape index (κ1) is 4.96. The van der Waals surface area contributed by atoms with Crippen LogP contribution >= 0.6 is 0 Å². The molecule has 8 heavy (non-hydrogen) atoms. The predicted molar refractivity (Wildman–Crippen MR) is 26.9 cm³/mol. The monoisotopic (exact) mass is 111 g/mol. The van der Waals surface area contributed by atoms with Crippen molar-refractivity contribution in [2.45, 2.75) is 6.92 Å². The number of hydrogen-bond donors (Lipinski definition) is 0. The van der Waals surface area contributed by atoms with Crippen molar-refractivity contribution < 1.29 is 4.79 Å². The van der Waals surface area contributed by atoms with Gasteiger partial charge in [0.15, 0.2) is 0 Å². The van der Waals surface area contributed by atoms with Crippen molar-refractivity contribution in [3.63, 3.8) is 0 Å². The highest BCUT2D eigenvalue weighted by atomic mass is 16.1. The van der Waals surface area contributed by atoms with Gasteiger partial charge < -0.3 is 0 Å². The second-order valence-corrected chi connectivity index (χ2v) is 1.39. The molecule has 0 spiro atoms. The van der Waals surface area contributed by atoms with Gasteiger partial charge in [-0.15, -0.1) is 10.2 Å². The lowest BCUT2D eigenvalue weighted by Crippen LogP contribution is -1.94. The van der Waals surface area contributed by atoms with E-state index in [1.165, 1.54) is 10.9 Å². The fourth-order valence-corrected chi connectivity index (χ4v) is 0.404. The molecule has 1 aromatic heterocycles. The molecule has 0 saturated carbocycles. The number of carbonyl (C=O) groups is 1. The lowest BCUT2D eigenvalue weighted by Gasteiger charge is -1.83. The van der Waals surface area contributed by atoms with E-state index >= 15 is 0 Å². The van der Waals surface area contributed by atoms with Crippen LogP contribution in [0.3, 0.4) is 0 Å². The molecule has 0 N–H and O–H groups in total. The molecule has 42 valence electrons. The van der Waals surface area contributed by atoms with Gasteiger partial charge in [-0.25, -0.2) is 0 Å². The van der Waals surface area contributed by atoms with Crippen molar-refractivity contribution in [2.24, 2.45) is 0 Å². The van der Waals surface area contributed by atoms with E-state index in [-0.39, 0.29) is 0 Å². The van der Waals surface area contributed by atoms with Gasteiger partial charge in [-0.3, -0.25) is 9.36 Å². The topological polar surface area (TPSA) is 47.8 Å². The Morgan fingerprint density at radius 3 is 2.88 bits per heavy atom. The quantitative estimate of drug-likeness (QED) is 0.464. The van der Waals surface area contributed by atoms with E-state index in [0.29, 0.717) is 12.2 Å². The second kappa shape index (κ2) is 1.73. The lowest BCUT2D eigenvalue weighted by atomic mass is 10.7. The van der Waals surface area contributed by atoms with Gasteiger partial charge in [-0.05, 0) is 6.92 Å². The molecule has 0 radical (unpaired) electrons. The van der Waals surface area contributed by atoms with Gasteiger partial charge in [-0.2, -0.15) is 0 Å². The number of nitrogens with zero attached hydrogens (tertiary/aromatic N) is 3. The van der Waals surface area contributed by atoms with E-state index in [9.17, 15) is 4.79 Å². The van der Waals surface area contributed by atoms with E-state index in [2.05, 4.69) is 10.2 Å². The smallest absolute Gasteiger partial charge is 0.220 e. The van der Waals surface area contributed by atoms with Crippen LogP contribution in [0, 0.1) is 6.92 Å². The minimum absolute atomic E-state index is 0.611. The third-order valence-electron chi connectivity index (χ3n) is 0.866. The van der Waals surface area contributed by atoms with Gasteiger partial charge in [0.1, 0.15) is 12.2 Å². The number of hydrogen-bond acceptors (Lipinski definition) is 3. The Bertz CT molecular complexity index is 193. The molecule has 1 aromatic rings. The first-order valence-corrected chi connectivity index (χ1v) is 2.16. The molecule has 4 heteroatoms. The molecule has 0 aromatic carbocycles. The summed E-state index contributed by atoms with van der Waals surface area (Å²) in [6, 6.07) is 0. The molecular formula is C4H5N3O. The maximum atomic E-state index is 9.97. The van der Waals surface area contributed by atoms with E-state index in [0.717, 1.165) is 0 Å². The Hall–Kier alpha value is -1.19. The summed E-state index contributed by atoms with van der Waals surface area (Å²) in [5, 5.41) is 7.04. The maximum absolute atomic E-state index is 9.97. The van der Waals surface area contributed by atoms with Crippen LogP contribution in [0.15, 0.2) is 6.33 Å². The van der Waals surface area contributed by atoms with Crippen molar-refractivity contribution in [3.05, 3.63) is 12.2 Å². The molecule has 0 bridgehead atoms. The summed E-state index contributed by atoms with van der Waals surface area (Å²) in [6.45, 7) is 1.71. The number of aromatic nitrogens is 3. The SMILES string of the molecule is Cc1nncn1C=O. The molecule has 0 fully saturated rings. The van der Waals surface area contributed by atoms with E-state index < -0.39 is 0 Å². The van der Waals surface area contributed by atoms with Gasteiger partial charge in [-0.1, -0.05) is 0 Å². The third kappa shape index (κ3) is 0.598. The third-order valence-corrected chi connectivity index (χ3v) is 0.866. The van der Waals surface area contributed by atoms with Crippen molar-refractivity contribution in [2.75, 3.05) is 0 Å². The fourth-order valence-electron chi connectivity index (χ4n) is 0.404. The normalized spacial score (nSPS) is 9.12. The number of carbonyl (C=O) groups excluding carboxylic acids is 1.